The van der Waals surface area contributed by atoms with Crippen molar-refractivity contribution in [3.8, 4) is 6.01 Å². The largest absolute Gasteiger partial charge is 0.467 e. The molecule has 3 aliphatic rings. The van der Waals surface area contributed by atoms with Crippen molar-refractivity contribution in [1.82, 2.24) is 15.0 Å². The summed E-state index contributed by atoms with van der Waals surface area (Å²) in [7, 11) is 3.72. The summed E-state index contributed by atoms with van der Waals surface area (Å²) in [5, 5.41) is 0. The third-order valence-corrected chi connectivity index (χ3v) is 6.43. The van der Waals surface area contributed by atoms with Crippen molar-refractivity contribution in [2.75, 3.05) is 43.7 Å². The molecule has 0 aromatic carbocycles. The second-order valence-corrected chi connectivity index (χ2v) is 8.44. The molecule has 144 valence electrons. The second-order valence-electron chi connectivity index (χ2n) is 8.44. The molecule has 3 fully saturated rings. The molecule has 0 bridgehead atoms. The molecule has 1 aliphatic carbocycles. The number of nitrogens with zero attached hydrogens (tertiary/aromatic N) is 5. The Labute approximate surface area is 156 Å². The van der Waals surface area contributed by atoms with E-state index in [4.69, 9.17) is 14.5 Å². The number of anilines is 2. The third-order valence-electron chi connectivity index (χ3n) is 6.43. The van der Waals surface area contributed by atoms with Gasteiger partial charge in [-0.3, -0.25) is 0 Å². The first-order valence-electron chi connectivity index (χ1n) is 9.92. The van der Waals surface area contributed by atoms with Gasteiger partial charge in [0.2, 0.25) is 11.9 Å². The highest BCUT2D eigenvalue weighted by molar-refractivity contribution is 5.43. The van der Waals surface area contributed by atoms with Crippen LogP contribution in [0.2, 0.25) is 0 Å². The van der Waals surface area contributed by atoms with E-state index in [-0.39, 0.29) is 5.41 Å². The Morgan fingerprint density at radius 1 is 1.12 bits per heavy atom. The minimum Gasteiger partial charge on any atom is -0.467 e. The van der Waals surface area contributed by atoms with Gasteiger partial charge in [0.25, 0.3) is 0 Å². The molecule has 1 aromatic heterocycles. The number of hydrogen-bond acceptors (Lipinski definition) is 7. The zero-order chi connectivity index (χ0) is 18.3. The van der Waals surface area contributed by atoms with Gasteiger partial charge in [0, 0.05) is 44.1 Å². The van der Waals surface area contributed by atoms with Gasteiger partial charge in [0.15, 0.2) is 0 Å². The fourth-order valence-corrected chi connectivity index (χ4v) is 5.20. The quantitative estimate of drug-likeness (QED) is 0.816. The molecular formula is C19H31N5O2. The molecule has 3 atom stereocenters. The molecular weight excluding hydrogens is 330 g/mol. The maximum Gasteiger partial charge on any atom is 0.322 e. The Bertz CT molecular complexity index is 645. The van der Waals surface area contributed by atoms with Gasteiger partial charge < -0.3 is 19.3 Å². The molecule has 1 aromatic rings. The van der Waals surface area contributed by atoms with E-state index >= 15 is 0 Å². The Balaban J connectivity index is 1.62. The zero-order valence-corrected chi connectivity index (χ0v) is 16.4. The molecule has 3 heterocycles. The van der Waals surface area contributed by atoms with Crippen LogP contribution in [-0.2, 0) is 4.74 Å². The molecule has 26 heavy (non-hydrogen) atoms. The van der Waals surface area contributed by atoms with Gasteiger partial charge >= 0.3 is 6.01 Å². The third kappa shape index (κ3) is 2.90. The Morgan fingerprint density at radius 3 is 2.54 bits per heavy atom. The van der Waals surface area contributed by atoms with Crippen LogP contribution in [-0.4, -0.2) is 61.0 Å². The summed E-state index contributed by atoms with van der Waals surface area (Å²) in [6, 6.07) is 0.775. The van der Waals surface area contributed by atoms with E-state index in [1.807, 2.05) is 0 Å². The monoisotopic (exact) mass is 361 g/mol. The van der Waals surface area contributed by atoms with Crippen LogP contribution in [0.1, 0.15) is 46.0 Å². The first-order chi connectivity index (χ1) is 12.5. The van der Waals surface area contributed by atoms with Gasteiger partial charge in [0.1, 0.15) is 0 Å². The lowest BCUT2D eigenvalue weighted by Gasteiger charge is -2.57. The second kappa shape index (κ2) is 6.83. The standard InChI is InChI=1S/C19H31N5O2/c1-19(2)14(13-9-12-26-15(13)19)23(3)16-20-17(22-18(21-16)25-4)24-10-7-5-6-8-11-24/h13-15H,5-12H2,1-4H3/t13-,14+,15+/m0/s1. The molecule has 7 heteroatoms. The molecule has 4 rings (SSSR count). The van der Waals surface area contributed by atoms with Crippen molar-refractivity contribution < 1.29 is 9.47 Å². The summed E-state index contributed by atoms with van der Waals surface area (Å²) in [4.78, 5) is 18.4. The van der Waals surface area contributed by atoms with Gasteiger partial charge in [0.05, 0.1) is 13.2 Å². The summed E-state index contributed by atoms with van der Waals surface area (Å²) in [5.41, 5.74) is 0.0958. The Morgan fingerprint density at radius 2 is 1.85 bits per heavy atom. The maximum absolute atomic E-state index is 5.95. The smallest absolute Gasteiger partial charge is 0.322 e. The molecule has 0 N–H and O–H groups in total. The van der Waals surface area contributed by atoms with Gasteiger partial charge in [-0.05, 0) is 19.3 Å². The lowest BCUT2D eigenvalue weighted by molar-refractivity contribution is -0.101. The number of rotatable bonds is 4. The van der Waals surface area contributed by atoms with Crippen LogP contribution in [0.3, 0.4) is 0 Å². The zero-order valence-electron chi connectivity index (χ0n) is 16.4. The normalized spacial score (nSPS) is 30.3. The highest BCUT2D eigenvalue weighted by Crippen LogP contribution is 2.54. The maximum atomic E-state index is 5.95. The van der Waals surface area contributed by atoms with Gasteiger partial charge in [-0.25, -0.2) is 0 Å². The lowest BCUT2D eigenvalue weighted by atomic mass is 9.57. The topological polar surface area (TPSA) is 63.6 Å². The van der Waals surface area contributed by atoms with Gasteiger partial charge in [-0.2, -0.15) is 15.0 Å². The van der Waals surface area contributed by atoms with E-state index in [9.17, 15) is 0 Å². The fraction of sp³-hybridized carbons (Fsp3) is 0.842. The first kappa shape index (κ1) is 17.8. The Hall–Kier alpha value is -1.63. The predicted octanol–water partition coefficient (Wildman–Crippen LogP) is 2.51. The highest BCUT2D eigenvalue weighted by Gasteiger charge is 2.61. The number of ether oxygens (including phenoxy) is 2. The fourth-order valence-electron chi connectivity index (χ4n) is 5.20. The summed E-state index contributed by atoms with van der Waals surface area (Å²) >= 11 is 0. The first-order valence-corrected chi connectivity index (χ1v) is 9.92. The van der Waals surface area contributed by atoms with Crippen LogP contribution in [0.5, 0.6) is 6.01 Å². The molecule has 0 amide bonds. The van der Waals surface area contributed by atoms with Crippen molar-refractivity contribution in [1.29, 1.82) is 0 Å². The van der Waals surface area contributed by atoms with E-state index < -0.39 is 0 Å². The van der Waals surface area contributed by atoms with Crippen LogP contribution in [0.4, 0.5) is 11.9 Å². The van der Waals surface area contributed by atoms with Crippen molar-refractivity contribution in [3.63, 3.8) is 0 Å². The number of methoxy groups -OCH3 is 1. The lowest BCUT2D eigenvalue weighted by Crippen LogP contribution is -2.66. The number of hydrogen-bond donors (Lipinski definition) is 0. The average Bonchev–Trinajstić information content (AvgIpc) is 2.90. The van der Waals surface area contributed by atoms with E-state index in [1.165, 1.54) is 25.7 Å². The SMILES string of the molecule is COc1nc(N2CCCCCC2)nc(N(C)[C@@H]2[C@@H]3CCO[C@H]3C2(C)C)n1. The molecule has 0 spiro atoms. The van der Waals surface area contributed by atoms with Crippen molar-refractivity contribution >= 4 is 11.9 Å². The van der Waals surface area contributed by atoms with Crippen LogP contribution in [0.25, 0.3) is 0 Å². The van der Waals surface area contributed by atoms with Crippen LogP contribution >= 0.6 is 0 Å². The Kier molecular flexibility index (Phi) is 4.67. The van der Waals surface area contributed by atoms with Crippen LogP contribution in [0.15, 0.2) is 0 Å². The van der Waals surface area contributed by atoms with Gasteiger partial charge in [-0.1, -0.05) is 26.7 Å². The van der Waals surface area contributed by atoms with Crippen molar-refractivity contribution in [2.24, 2.45) is 11.3 Å². The highest BCUT2D eigenvalue weighted by atomic mass is 16.5. The van der Waals surface area contributed by atoms with Crippen molar-refractivity contribution in [3.05, 3.63) is 0 Å². The summed E-state index contributed by atoms with van der Waals surface area (Å²) in [6.07, 6.45) is 6.41. The molecule has 0 radical (unpaired) electrons. The van der Waals surface area contributed by atoms with E-state index in [0.29, 0.717) is 30.0 Å². The average molecular weight is 361 g/mol. The summed E-state index contributed by atoms with van der Waals surface area (Å²) < 4.78 is 11.3. The van der Waals surface area contributed by atoms with E-state index in [1.54, 1.807) is 7.11 Å². The molecule has 0 unspecified atom stereocenters. The molecule has 2 aliphatic heterocycles. The van der Waals surface area contributed by atoms with Crippen LogP contribution in [0, 0.1) is 11.3 Å². The number of fused-ring (bicyclic) bond motifs is 1. The number of aromatic nitrogens is 3. The molecule has 1 saturated carbocycles. The van der Waals surface area contributed by atoms with E-state index in [2.05, 4.69) is 40.7 Å². The minimum absolute atomic E-state index is 0.0958. The minimum atomic E-state index is 0.0958. The predicted molar refractivity (Wildman–Crippen MR) is 101 cm³/mol. The molecule has 2 saturated heterocycles. The summed E-state index contributed by atoms with van der Waals surface area (Å²) in [5.74, 6) is 2.01. The van der Waals surface area contributed by atoms with Crippen LogP contribution < -0.4 is 14.5 Å². The van der Waals surface area contributed by atoms with Gasteiger partial charge in [-0.15, -0.1) is 0 Å². The molecule has 7 nitrogen and oxygen atoms in total. The van der Waals surface area contributed by atoms with E-state index in [0.717, 1.165) is 32.1 Å². The van der Waals surface area contributed by atoms with Crippen molar-refractivity contribution in [2.45, 2.75) is 58.1 Å². The summed E-state index contributed by atoms with van der Waals surface area (Å²) in [6.45, 7) is 7.44.